The molecule has 1 heterocycles. The second-order valence-electron chi connectivity index (χ2n) is 3.85. The van der Waals surface area contributed by atoms with Gasteiger partial charge >= 0.3 is 0 Å². The lowest BCUT2D eigenvalue weighted by Crippen LogP contribution is -2.14. The highest BCUT2D eigenvalue weighted by Crippen LogP contribution is 2.35. The molecule has 0 atom stereocenters. The number of amides is 1. The molecule has 0 saturated heterocycles. The van der Waals surface area contributed by atoms with Crippen LogP contribution in [0.4, 0.5) is 5.69 Å². The minimum Gasteiger partial charge on any atom is -0.495 e. The third kappa shape index (κ3) is 3.35. The van der Waals surface area contributed by atoms with Gasteiger partial charge in [-0.25, -0.2) is 4.98 Å². The van der Waals surface area contributed by atoms with Gasteiger partial charge in [-0.1, -0.05) is 58.5 Å². The highest BCUT2D eigenvalue weighted by molar-refractivity contribution is 6.50. The normalized spacial score (nSPS) is 10.3. The number of hydrogen-bond donors (Lipinski definition) is 1. The fourth-order valence-electron chi connectivity index (χ4n) is 1.61. The van der Waals surface area contributed by atoms with Gasteiger partial charge in [-0.2, -0.15) is 0 Å². The number of nitrogens with one attached hydrogen (secondary N) is 1. The Balaban J connectivity index is 2.40. The average Bonchev–Trinajstić information content (AvgIpc) is 2.45. The quantitative estimate of drug-likeness (QED) is 0.782. The number of hydrogen-bond acceptors (Lipinski definition) is 3. The summed E-state index contributed by atoms with van der Waals surface area (Å²) in [7, 11) is 1.49. The topological polar surface area (TPSA) is 51.2 Å². The predicted octanol–water partition coefficient (Wildman–Crippen LogP) is 4.96. The first-order chi connectivity index (χ1) is 9.95. The molecule has 4 nitrogen and oxygen atoms in total. The molecule has 0 aliphatic rings. The molecule has 2 aromatic rings. The van der Waals surface area contributed by atoms with E-state index in [1.54, 1.807) is 24.3 Å². The Bertz CT molecular complexity index is 707. The van der Waals surface area contributed by atoms with Crippen LogP contribution in [0, 0.1) is 0 Å². The SMILES string of the molecule is COc1ccccc1NC(=O)c1c(Cl)nc(Cl)c(Cl)c1Cl. The molecule has 21 heavy (non-hydrogen) atoms. The van der Waals surface area contributed by atoms with Crippen molar-refractivity contribution in [3.05, 3.63) is 50.2 Å². The molecule has 0 spiro atoms. The molecule has 0 unspecified atom stereocenters. The molecular weight excluding hydrogens is 358 g/mol. The molecule has 1 amide bonds. The summed E-state index contributed by atoms with van der Waals surface area (Å²) in [4.78, 5) is 16.1. The lowest BCUT2D eigenvalue weighted by molar-refractivity contribution is 0.102. The van der Waals surface area contributed by atoms with Gasteiger partial charge in [0.05, 0.1) is 28.4 Å². The first-order valence-corrected chi connectivity index (χ1v) is 7.11. The van der Waals surface area contributed by atoms with Crippen molar-refractivity contribution in [2.75, 3.05) is 12.4 Å². The second-order valence-corrected chi connectivity index (χ2v) is 5.32. The third-order valence-corrected chi connectivity index (χ3v) is 4.06. The summed E-state index contributed by atoms with van der Waals surface area (Å²) < 4.78 is 5.14. The van der Waals surface area contributed by atoms with Crippen molar-refractivity contribution in [1.82, 2.24) is 4.98 Å². The molecular formula is C13H8Cl4N2O2. The lowest BCUT2D eigenvalue weighted by Gasteiger charge is -2.12. The monoisotopic (exact) mass is 364 g/mol. The Kier molecular flexibility index (Phi) is 5.17. The number of para-hydroxylation sites is 2. The number of anilines is 1. The van der Waals surface area contributed by atoms with Crippen LogP contribution in [0.15, 0.2) is 24.3 Å². The van der Waals surface area contributed by atoms with Crippen LogP contribution < -0.4 is 10.1 Å². The van der Waals surface area contributed by atoms with E-state index in [4.69, 9.17) is 51.1 Å². The van der Waals surface area contributed by atoms with Gasteiger partial charge in [-0.05, 0) is 12.1 Å². The lowest BCUT2D eigenvalue weighted by atomic mass is 10.2. The standard InChI is InChI=1S/C13H8Cl4N2O2/c1-21-7-5-3-2-4-6(7)18-13(20)8-9(14)10(15)12(17)19-11(8)16/h2-5H,1H3,(H,18,20). The summed E-state index contributed by atoms with van der Waals surface area (Å²) >= 11 is 23.5. The van der Waals surface area contributed by atoms with E-state index in [0.29, 0.717) is 11.4 Å². The zero-order chi connectivity index (χ0) is 15.6. The zero-order valence-corrected chi connectivity index (χ0v) is 13.6. The Morgan fingerprint density at radius 2 is 1.76 bits per heavy atom. The van der Waals surface area contributed by atoms with Crippen LogP contribution >= 0.6 is 46.4 Å². The van der Waals surface area contributed by atoms with Crippen LogP contribution in [-0.2, 0) is 0 Å². The van der Waals surface area contributed by atoms with Crippen molar-refractivity contribution >= 4 is 58.0 Å². The van der Waals surface area contributed by atoms with E-state index in [0.717, 1.165) is 0 Å². The number of ether oxygens (including phenoxy) is 1. The number of nitrogens with zero attached hydrogens (tertiary/aromatic N) is 1. The van der Waals surface area contributed by atoms with Crippen molar-refractivity contribution in [2.45, 2.75) is 0 Å². The number of carbonyl (C=O) groups is 1. The summed E-state index contributed by atoms with van der Waals surface area (Å²) in [6.07, 6.45) is 0. The van der Waals surface area contributed by atoms with E-state index in [9.17, 15) is 4.79 Å². The molecule has 2 rings (SSSR count). The largest absolute Gasteiger partial charge is 0.495 e. The van der Waals surface area contributed by atoms with Crippen molar-refractivity contribution in [2.24, 2.45) is 0 Å². The maximum absolute atomic E-state index is 12.3. The third-order valence-electron chi connectivity index (χ3n) is 2.58. The predicted molar refractivity (Wildman–Crippen MR) is 85.2 cm³/mol. The van der Waals surface area contributed by atoms with Crippen LogP contribution in [-0.4, -0.2) is 18.0 Å². The number of rotatable bonds is 3. The minimum absolute atomic E-state index is 0.0343. The smallest absolute Gasteiger partial charge is 0.260 e. The van der Waals surface area contributed by atoms with Crippen molar-refractivity contribution < 1.29 is 9.53 Å². The van der Waals surface area contributed by atoms with E-state index in [1.165, 1.54) is 7.11 Å². The van der Waals surface area contributed by atoms with E-state index in [2.05, 4.69) is 10.3 Å². The summed E-state index contributed by atoms with van der Waals surface area (Å²) in [5.74, 6) is -0.0771. The van der Waals surface area contributed by atoms with Crippen LogP contribution in [0.3, 0.4) is 0 Å². The van der Waals surface area contributed by atoms with Gasteiger partial charge in [-0.3, -0.25) is 4.79 Å². The van der Waals surface area contributed by atoms with Crippen molar-refractivity contribution in [3.8, 4) is 5.75 Å². The molecule has 0 saturated carbocycles. The second kappa shape index (κ2) is 6.71. The van der Waals surface area contributed by atoms with Crippen LogP contribution in [0.1, 0.15) is 10.4 Å². The molecule has 0 bridgehead atoms. The number of methoxy groups -OCH3 is 1. The summed E-state index contributed by atoms with van der Waals surface area (Å²) in [6, 6.07) is 6.89. The average molecular weight is 366 g/mol. The fraction of sp³-hybridized carbons (Fsp3) is 0.0769. The highest BCUT2D eigenvalue weighted by atomic mass is 35.5. The first-order valence-electron chi connectivity index (χ1n) is 5.60. The number of carbonyl (C=O) groups excluding carboxylic acids is 1. The van der Waals surface area contributed by atoms with Gasteiger partial charge in [0.1, 0.15) is 10.9 Å². The van der Waals surface area contributed by atoms with Gasteiger partial charge in [0.15, 0.2) is 5.15 Å². The van der Waals surface area contributed by atoms with E-state index in [1.807, 2.05) is 0 Å². The maximum atomic E-state index is 12.3. The number of pyridine rings is 1. The van der Waals surface area contributed by atoms with Crippen molar-refractivity contribution in [3.63, 3.8) is 0 Å². The molecule has 0 radical (unpaired) electrons. The fourth-order valence-corrected chi connectivity index (χ4v) is 2.59. The minimum atomic E-state index is -0.569. The van der Waals surface area contributed by atoms with Gasteiger partial charge in [0, 0.05) is 0 Å². The van der Waals surface area contributed by atoms with Gasteiger partial charge in [0.25, 0.3) is 5.91 Å². The molecule has 1 N–H and O–H groups in total. The Hall–Kier alpha value is -1.20. The molecule has 0 fully saturated rings. The first kappa shape index (κ1) is 16.2. The molecule has 1 aromatic heterocycles. The van der Waals surface area contributed by atoms with E-state index in [-0.39, 0.29) is 25.9 Å². The molecule has 110 valence electrons. The van der Waals surface area contributed by atoms with Crippen molar-refractivity contribution in [1.29, 1.82) is 0 Å². The number of aromatic nitrogens is 1. The van der Waals surface area contributed by atoms with Crippen LogP contribution in [0.2, 0.25) is 20.4 Å². The van der Waals surface area contributed by atoms with E-state index >= 15 is 0 Å². The van der Waals surface area contributed by atoms with Crippen LogP contribution in [0.5, 0.6) is 5.75 Å². The summed E-state index contributed by atoms with van der Waals surface area (Å²) in [6.45, 7) is 0. The van der Waals surface area contributed by atoms with Gasteiger partial charge < -0.3 is 10.1 Å². The Labute approximate surface area is 140 Å². The summed E-state index contributed by atoms with van der Waals surface area (Å²) in [5, 5.41) is 2.33. The molecule has 0 aliphatic carbocycles. The highest BCUT2D eigenvalue weighted by Gasteiger charge is 2.22. The van der Waals surface area contributed by atoms with Gasteiger partial charge in [-0.15, -0.1) is 0 Å². The van der Waals surface area contributed by atoms with E-state index < -0.39 is 5.91 Å². The van der Waals surface area contributed by atoms with Crippen LogP contribution in [0.25, 0.3) is 0 Å². The zero-order valence-electron chi connectivity index (χ0n) is 10.6. The molecule has 0 aliphatic heterocycles. The summed E-state index contributed by atoms with van der Waals surface area (Å²) in [5.41, 5.74) is 0.404. The maximum Gasteiger partial charge on any atom is 0.260 e. The number of benzene rings is 1. The molecule has 1 aromatic carbocycles. The number of halogens is 4. The Morgan fingerprint density at radius 1 is 1.10 bits per heavy atom. The van der Waals surface area contributed by atoms with Gasteiger partial charge in [0.2, 0.25) is 0 Å². The molecule has 8 heteroatoms. The Morgan fingerprint density at radius 3 is 2.43 bits per heavy atom.